The fraction of sp³-hybridized carbons (Fsp3) is 0.400. The Morgan fingerprint density at radius 1 is 1.50 bits per heavy atom. The molecule has 1 amide bonds. The monoisotopic (exact) mass is 271 g/mol. The molecule has 1 aromatic rings. The largest absolute Gasteiger partial charge is 0.480 e. The van der Waals surface area contributed by atoms with E-state index in [2.05, 4.69) is 9.97 Å². The maximum absolute atomic E-state index is 12.1. The van der Waals surface area contributed by atoms with Gasteiger partial charge in [0, 0.05) is 6.54 Å². The molecule has 0 saturated carbocycles. The maximum Gasteiger partial charge on any atom is 0.328 e. The van der Waals surface area contributed by atoms with E-state index in [4.69, 9.17) is 21.4 Å². The summed E-state index contributed by atoms with van der Waals surface area (Å²) in [5.74, 6) is -1.63. The van der Waals surface area contributed by atoms with Crippen LogP contribution in [-0.2, 0) is 9.53 Å². The Kier molecular flexibility index (Phi) is 3.73. The van der Waals surface area contributed by atoms with Gasteiger partial charge in [0.05, 0.1) is 25.6 Å². The minimum Gasteiger partial charge on any atom is -0.480 e. The van der Waals surface area contributed by atoms with Crippen LogP contribution < -0.4 is 0 Å². The molecule has 0 radical (unpaired) electrons. The number of carboxylic acid groups (broad SMARTS) is 1. The van der Waals surface area contributed by atoms with Crippen molar-refractivity contribution in [3.63, 3.8) is 0 Å². The van der Waals surface area contributed by atoms with E-state index in [1.54, 1.807) is 0 Å². The van der Waals surface area contributed by atoms with Crippen LogP contribution in [-0.4, -0.2) is 57.7 Å². The maximum atomic E-state index is 12.1. The van der Waals surface area contributed by atoms with Gasteiger partial charge < -0.3 is 14.7 Å². The average Bonchev–Trinajstić information content (AvgIpc) is 2.38. The molecule has 1 aliphatic heterocycles. The highest BCUT2D eigenvalue weighted by Crippen LogP contribution is 2.12. The van der Waals surface area contributed by atoms with Crippen LogP contribution in [0, 0.1) is 0 Å². The molecule has 96 valence electrons. The molecule has 0 aliphatic carbocycles. The predicted molar refractivity (Wildman–Crippen MR) is 60.3 cm³/mol. The van der Waals surface area contributed by atoms with Crippen LogP contribution in [0.1, 0.15) is 10.5 Å². The summed E-state index contributed by atoms with van der Waals surface area (Å²) >= 11 is 5.64. The summed E-state index contributed by atoms with van der Waals surface area (Å²) in [6.45, 7) is 0.461. The molecule has 1 unspecified atom stereocenters. The highest BCUT2D eigenvalue weighted by molar-refractivity contribution is 6.29. The molecule has 1 N–H and O–H groups in total. The summed E-state index contributed by atoms with van der Waals surface area (Å²) in [5, 5.41) is 9.11. The van der Waals surface area contributed by atoms with Gasteiger partial charge in [-0.15, -0.1) is 0 Å². The van der Waals surface area contributed by atoms with Crippen molar-refractivity contribution in [2.45, 2.75) is 6.04 Å². The van der Waals surface area contributed by atoms with Crippen LogP contribution >= 0.6 is 11.6 Å². The van der Waals surface area contributed by atoms with Crippen LogP contribution in [0.2, 0.25) is 5.15 Å². The topological polar surface area (TPSA) is 92.6 Å². The van der Waals surface area contributed by atoms with Crippen molar-refractivity contribution in [3.8, 4) is 0 Å². The van der Waals surface area contributed by atoms with Crippen molar-refractivity contribution in [2.75, 3.05) is 19.8 Å². The molecule has 1 aromatic heterocycles. The molecule has 2 rings (SSSR count). The number of carbonyl (C=O) groups is 2. The number of aromatic nitrogens is 2. The number of amides is 1. The molecule has 1 saturated heterocycles. The fourth-order valence-electron chi connectivity index (χ4n) is 1.64. The Bertz CT molecular complexity index is 482. The number of ether oxygens (including phenoxy) is 1. The van der Waals surface area contributed by atoms with Crippen molar-refractivity contribution >= 4 is 23.5 Å². The van der Waals surface area contributed by atoms with Crippen LogP contribution in [0.5, 0.6) is 0 Å². The van der Waals surface area contributed by atoms with Gasteiger partial charge in [-0.25, -0.2) is 9.78 Å². The van der Waals surface area contributed by atoms with Gasteiger partial charge in [0.1, 0.15) is 10.8 Å². The SMILES string of the molecule is O=C(O)C1COCCN1C(=O)c1cncc(Cl)n1. The second kappa shape index (κ2) is 5.28. The van der Waals surface area contributed by atoms with Gasteiger partial charge >= 0.3 is 5.97 Å². The number of carboxylic acids is 1. The number of carbonyl (C=O) groups excluding carboxylic acids is 1. The van der Waals surface area contributed by atoms with Gasteiger partial charge in [-0.05, 0) is 0 Å². The van der Waals surface area contributed by atoms with E-state index in [1.165, 1.54) is 17.3 Å². The number of hydrogen-bond donors (Lipinski definition) is 1. The molecule has 0 bridgehead atoms. The average molecular weight is 272 g/mol. The highest BCUT2D eigenvalue weighted by Gasteiger charge is 2.33. The number of halogens is 1. The quantitative estimate of drug-likeness (QED) is 0.817. The fourth-order valence-corrected chi connectivity index (χ4v) is 1.79. The van der Waals surface area contributed by atoms with Crippen molar-refractivity contribution < 1.29 is 19.4 Å². The van der Waals surface area contributed by atoms with Crippen molar-refractivity contribution in [3.05, 3.63) is 23.2 Å². The third kappa shape index (κ3) is 2.57. The number of rotatable bonds is 2. The van der Waals surface area contributed by atoms with Gasteiger partial charge in [0.2, 0.25) is 0 Å². The van der Waals surface area contributed by atoms with Crippen LogP contribution in [0.4, 0.5) is 0 Å². The summed E-state index contributed by atoms with van der Waals surface area (Å²) in [6.07, 6.45) is 2.55. The number of aliphatic carboxylic acids is 1. The Morgan fingerprint density at radius 3 is 2.94 bits per heavy atom. The lowest BCUT2D eigenvalue weighted by atomic mass is 10.2. The van der Waals surface area contributed by atoms with Crippen LogP contribution in [0.3, 0.4) is 0 Å². The summed E-state index contributed by atoms with van der Waals surface area (Å²) in [7, 11) is 0. The minimum absolute atomic E-state index is 0.0238. The first-order valence-electron chi connectivity index (χ1n) is 5.18. The van der Waals surface area contributed by atoms with Crippen LogP contribution in [0.25, 0.3) is 0 Å². The third-order valence-corrected chi connectivity index (χ3v) is 2.68. The van der Waals surface area contributed by atoms with E-state index in [0.717, 1.165) is 0 Å². The van der Waals surface area contributed by atoms with Crippen molar-refractivity contribution in [2.24, 2.45) is 0 Å². The first-order chi connectivity index (χ1) is 8.59. The molecule has 0 aromatic carbocycles. The molecule has 2 heterocycles. The molecular weight excluding hydrogens is 262 g/mol. The van der Waals surface area contributed by atoms with Gasteiger partial charge in [-0.2, -0.15) is 0 Å². The number of nitrogens with zero attached hydrogens (tertiary/aromatic N) is 3. The van der Waals surface area contributed by atoms with Gasteiger partial charge in [-0.3, -0.25) is 9.78 Å². The molecule has 1 atom stereocenters. The lowest BCUT2D eigenvalue weighted by Crippen LogP contribution is -2.52. The van der Waals surface area contributed by atoms with Crippen molar-refractivity contribution in [1.82, 2.24) is 14.9 Å². The minimum atomic E-state index is -1.11. The predicted octanol–water partition coefficient (Wildman–Crippen LogP) is 0.0556. The highest BCUT2D eigenvalue weighted by atomic mass is 35.5. The molecule has 8 heteroatoms. The second-order valence-electron chi connectivity index (χ2n) is 3.65. The van der Waals surface area contributed by atoms with Gasteiger partial charge in [0.15, 0.2) is 6.04 Å². The van der Waals surface area contributed by atoms with E-state index in [9.17, 15) is 9.59 Å². The number of morpholine rings is 1. The lowest BCUT2D eigenvalue weighted by Gasteiger charge is -2.32. The Labute approximate surface area is 107 Å². The molecule has 1 aliphatic rings. The van der Waals surface area contributed by atoms with Crippen LogP contribution in [0.15, 0.2) is 12.4 Å². The molecule has 18 heavy (non-hydrogen) atoms. The zero-order valence-corrected chi connectivity index (χ0v) is 10.0. The standard InChI is InChI=1S/C10H10ClN3O4/c11-8-4-12-3-6(13-8)9(15)14-1-2-18-5-7(14)10(16)17/h3-4,7H,1-2,5H2,(H,16,17). The Balaban J connectivity index is 2.23. The summed E-state index contributed by atoms with van der Waals surface area (Å²) in [6, 6.07) is -1.01. The molecule has 1 fully saturated rings. The van der Waals surface area contributed by atoms with E-state index in [0.29, 0.717) is 6.61 Å². The summed E-state index contributed by atoms with van der Waals surface area (Å²) in [5.41, 5.74) is 0.0238. The second-order valence-corrected chi connectivity index (χ2v) is 4.04. The number of hydrogen-bond acceptors (Lipinski definition) is 5. The lowest BCUT2D eigenvalue weighted by molar-refractivity contribution is -0.147. The molecular formula is C10H10ClN3O4. The zero-order chi connectivity index (χ0) is 13.1. The third-order valence-electron chi connectivity index (χ3n) is 2.50. The summed E-state index contributed by atoms with van der Waals surface area (Å²) in [4.78, 5) is 31.9. The normalized spacial score (nSPS) is 19.6. The first kappa shape index (κ1) is 12.7. The van der Waals surface area contributed by atoms with Gasteiger partial charge in [-0.1, -0.05) is 11.6 Å². The Hall–Kier alpha value is -1.73. The van der Waals surface area contributed by atoms with Gasteiger partial charge in [0.25, 0.3) is 5.91 Å². The summed E-state index contributed by atoms with van der Waals surface area (Å²) < 4.78 is 5.05. The van der Waals surface area contributed by atoms with Crippen molar-refractivity contribution in [1.29, 1.82) is 0 Å². The molecule has 0 spiro atoms. The Morgan fingerprint density at radius 2 is 2.28 bits per heavy atom. The first-order valence-corrected chi connectivity index (χ1v) is 5.56. The zero-order valence-electron chi connectivity index (χ0n) is 9.24. The smallest absolute Gasteiger partial charge is 0.328 e. The van der Waals surface area contributed by atoms with E-state index < -0.39 is 17.9 Å². The van der Waals surface area contributed by atoms with E-state index in [-0.39, 0.29) is 24.0 Å². The van der Waals surface area contributed by atoms with E-state index >= 15 is 0 Å². The molecule has 7 nitrogen and oxygen atoms in total. The van der Waals surface area contributed by atoms with E-state index in [1.807, 2.05) is 0 Å².